The van der Waals surface area contributed by atoms with Crippen molar-refractivity contribution in [3.63, 3.8) is 0 Å². The Hall–Kier alpha value is -0.770. The summed E-state index contributed by atoms with van der Waals surface area (Å²) in [7, 11) is 0. The van der Waals surface area contributed by atoms with E-state index in [0.29, 0.717) is 6.04 Å². The van der Waals surface area contributed by atoms with Crippen LogP contribution in [-0.4, -0.2) is 49.1 Å². The van der Waals surface area contributed by atoms with Crippen LogP contribution in [0.1, 0.15) is 58.3 Å². The summed E-state index contributed by atoms with van der Waals surface area (Å²) in [4.78, 5) is 7.67. The summed E-state index contributed by atoms with van der Waals surface area (Å²) in [5.74, 6) is 3.94. The predicted octanol–water partition coefficient (Wildman–Crippen LogP) is 2.60. The molecule has 0 radical (unpaired) electrons. The Bertz CT molecular complexity index is 403. The Labute approximate surface area is 141 Å². The Morgan fingerprint density at radius 3 is 2.17 bits per heavy atom. The Morgan fingerprint density at radius 1 is 1.00 bits per heavy atom. The van der Waals surface area contributed by atoms with Gasteiger partial charge in [-0.25, -0.2) is 0 Å². The molecule has 1 aliphatic heterocycles. The largest absolute Gasteiger partial charge is 0.357 e. The molecule has 0 bridgehead atoms. The Balaban J connectivity index is 1.27. The number of aliphatic imine (C=N–C) groups is 1. The third-order valence-electron chi connectivity index (χ3n) is 6.19. The van der Waals surface area contributed by atoms with E-state index in [2.05, 4.69) is 22.5 Å². The summed E-state index contributed by atoms with van der Waals surface area (Å²) in [6.45, 7) is 6.73. The van der Waals surface area contributed by atoms with Crippen LogP contribution < -0.4 is 10.6 Å². The van der Waals surface area contributed by atoms with Crippen LogP contribution in [0.3, 0.4) is 0 Å². The van der Waals surface area contributed by atoms with Gasteiger partial charge in [0.1, 0.15) is 0 Å². The van der Waals surface area contributed by atoms with Gasteiger partial charge in [0.2, 0.25) is 0 Å². The van der Waals surface area contributed by atoms with Crippen molar-refractivity contribution in [2.75, 3.05) is 26.2 Å². The molecule has 4 aliphatic rings. The monoisotopic (exact) mass is 318 g/mol. The van der Waals surface area contributed by atoms with Crippen molar-refractivity contribution in [3.8, 4) is 0 Å². The molecule has 0 amide bonds. The van der Waals surface area contributed by atoms with E-state index >= 15 is 0 Å². The van der Waals surface area contributed by atoms with Crippen LogP contribution in [0, 0.1) is 17.8 Å². The zero-order valence-corrected chi connectivity index (χ0v) is 14.8. The van der Waals surface area contributed by atoms with Gasteiger partial charge in [-0.05, 0) is 76.0 Å². The van der Waals surface area contributed by atoms with Gasteiger partial charge in [-0.2, -0.15) is 0 Å². The lowest BCUT2D eigenvalue weighted by molar-refractivity contribution is 0.197. The van der Waals surface area contributed by atoms with Crippen molar-refractivity contribution in [3.05, 3.63) is 0 Å². The minimum atomic E-state index is 0.614. The minimum Gasteiger partial charge on any atom is -0.357 e. The molecule has 0 aromatic heterocycles. The molecule has 4 fully saturated rings. The van der Waals surface area contributed by atoms with Crippen LogP contribution in [0.5, 0.6) is 0 Å². The van der Waals surface area contributed by atoms with Crippen LogP contribution in [0.2, 0.25) is 0 Å². The minimum absolute atomic E-state index is 0.614. The fraction of sp³-hybridized carbons (Fsp3) is 0.947. The maximum Gasteiger partial charge on any atom is 0.191 e. The van der Waals surface area contributed by atoms with Crippen molar-refractivity contribution >= 4 is 5.96 Å². The van der Waals surface area contributed by atoms with E-state index in [9.17, 15) is 0 Å². The third kappa shape index (κ3) is 4.40. The van der Waals surface area contributed by atoms with E-state index in [0.717, 1.165) is 42.8 Å². The van der Waals surface area contributed by atoms with Gasteiger partial charge in [-0.3, -0.25) is 4.99 Å². The van der Waals surface area contributed by atoms with Crippen LogP contribution in [0.15, 0.2) is 4.99 Å². The molecule has 0 spiro atoms. The summed E-state index contributed by atoms with van der Waals surface area (Å²) >= 11 is 0. The number of hydrogen-bond acceptors (Lipinski definition) is 2. The molecular formula is C19H34N4. The summed E-state index contributed by atoms with van der Waals surface area (Å²) in [5, 5.41) is 7.20. The smallest absolute Gasteiger partial charge is 0.191 e. The molecule has 1 saturated heterocycles. The van der Waals surface area contributed by atoms with Crippen molar-refractivity contribution in [1.29, 1.82) is 0 Å². The first-order valence-electron chi connectivity index (χ1n) is 10.1. The molecule has 2 N–H and O–H groups in total. The highest BCUT2D eigenvalue weighted by Gasteiger charge is 2.41. The zero-order chi connectivity index (χ0) is 15.6. The second-order valence-corrected chi connectivity index (χ2v) is 8.24. The molecule has 1 heterocycles. The Morgan fingerprint density at radius 2 is 1.65 bits per heavy atom. The van der Waals surface area contributed by atoms with Gasteiger partial charge in [-0.1, -0.05) is 0 Å². The number of piperidine rings is 1. The van der Waals surface area contributed by atoms with Crippen molar-refractivity contribution in [2.24, 2.45) is 22.7 Å². The fourth-order valence-electron chi connectivity index (χ4n) is 4.29. The lowest BCUT2D eigenvalue weighted by Gasteiger charge is -2.33. The van der Waals surface area contributed by atoms with Crippen LogP contribution in [-0.2, 0) is 0 Å². The lowest BCUT2D eigenvalue weighted by Crippen LogP contribution is -2.49. The highest BCUT2D eigenvalue weighted by molar-refractivity contribution is 5.80. The maximum absolute atomic E-state index is 4.98. The highest BCUT2D eigenvalue weighted by Crippen LogP contribution is 2.49. The molecule has 23 heavy (non-hydrogen) atoms. The van der Waals surface area contributed by atoms with Gasteiger partial charge < -0.3 is 15.5 Å². The van der Waals surface area contributed by atoms with Crippen LogP contribution in [0.4, 0.5) is 0 Å². The number of hydrogen-bond donors (Lipinski definition) is 2. The van der Waals surface area contributed by atoms with Crippen molar-refractivity contribution < 1.29 is 0 Å². The van der Waals surface area contributed by atoms with Crippen LogP contribution >= 0.6 is 0 Å². The molecular weight excluding hydrogens is 284 g/mol. The number of guanidine groups is 1. The van der Waals surface area contributed by atoms with Gasteiger partial charge in [0.15, 0.2) is 5.96 Å². The number of nitrogens with one attached hydrogen (secondary N) is 2. The highest BCUT2D eigenvalue weighted by atomic mass is 15.2. The first-order chi connectivity index (χ1) is 11.3. The van der Waals surface area contributed by atoms with E-state index in [-0.39, 0.29) is 0 Å². The summed E-state index contributed by atoms with van der Waals surface area (Å²) in [5.41, 5.74) is 0. The van der Waals surface area contributed by atoms with Gasteiger partial charge in [-0.15, -0.1) is 0 Å². The van der Waals surface area contributed by atoms with Crippen molar-refractivity contribution in [1.82, 2.24) is 15.5 Å². The Kier molecular flexibility index (Phi) is 4.79. The number of likely N-dealkylation sites (tertiary alicyclic amines) is 1. The second-order valence-electron chi connectivity index (χ2n) is 8.24. The van der Waals surface area contributed by atoms with Gasteiger partial charge in [0.05, 0.1) is 0 Å². The zero-order valence-electron chi connectivity index (χ0n) is 14.8. The topological polar surface area (TPSA) is 39.7 Å². The molecule has 130 valence electrons. The molecule has 4 rings (SSSR count). The molecule has 3 saturated carbocycles. The van der Waals surface area contributed by atoms with E-state index in [4.69, 9.17) is 4.99 Å². The summed E-state index contributed by atoms with van der Waals surface area (Å²) < 4.78 is 0. The standard InChI is InChI=1S/C19H34N4/c1-2-20-19(21-13-18(14-3-4-14)15-5-6-15)22-16-9-11-23(12-10-16)17-7-8-17/h14-18H,2-13H2,1H3,(H2,20,21,22). The van der Waals surface area contributed by atoms with Gasteiger partial charge in [0, 0.05) is 38.3 Å². The first-order valence-corrected chi connectivity index (χ1v) is 10.1. The van der Waals surface area contributed by atoms with E-state index in [1.807, 2.05) is 0 Å². The normalized spacial score (nSPS) is 27.5. The average molecular weight is 319 g/mol. The van der Waals surface area contributed by atoms with Gasteiger partial charge >= 0.3 is 0 Å². The SMILES string of the molecule is CCNC(=NCC(C1CC1)C1CC1)NC1CCN(C2CC2)CC1. The van der Waals surface area contributed by atoms with E-state index in [1.165, 1.54) is 64.5 Å². The molecule has 0 unspecified atom stereocenters. The lowest BCUT2D eigenvalue weighted by atomic mass is 9.98. The molecule has 0 aromatic carbocycles. The van der Waals surface area contributed by atoms with Crippen LogP contribution in [0.25, 0.3) is 0 Å². The average Bonchev–Trinajstić information content (AvgIpc) is 3.38. The summed E-state index contributed by atoms with van der Waals surface area (Å²) in [6, 6.07) is 1.54. The van der Waals surface area contributed by atoms with Crippen molar-refractivity contribution in [2.45, 2.75) is 70.4 Å². The fourth-order valence-corrected chi connectivity index (χ4v) is 4.29. The van der Waals surface area contributed by atoms with E-state index < -0.39 is 0 Å². The maximum atomic E-state index is 4.98. The third-order valence-corrected chi connectivity index (χ3v) is 6.19. The predicted molar refractivity (Wildman–Crippen MR) is 95.7 cm³/mol. The first kappa shape index (κ1) is 15.7. The molecule has 3 aliphatic carbocycles. The molecule has 0 aromatic rings. The van der Waals surface area contributed by atoms with E-state index in [1.54, 1.807) is 0 Å². The molecule has 0 atom stereocenters. The second kappa shape index (κ2) is 7.00. The number of nitrogens with zero attached hydrogens (tertiary/aromatic N) is 2. The number of rotatable bonds is 7. The molecule has 4 heteroatoms. The summed E-state index contributed by atoms with van der Waals surface area (Å²) in [6.07, 6.45) is 11.3. The van der Waals surface area contributed by atoms with Gasteiger partial charge in [0.25, 0.3) is 0 Å². The molecule has 4 nitrogen and oxygen atoms in total. The quantitative estimate of drug-likeness (QED) is 0.560.